The second kappa shape index (κ2) is 7.15. The van der Waals surface area contributed by atoms with E-state index in [2.05, 4.69) is 31.5 Å². The van der Waals surface area contributed by atoms with Crippen LogP contribution in [0.1, 0.15) is 27.7 Å². The molecular weight excluding hydrogens is 254 g/mol. The minimum absolute atomic E-state index is 0.114. The largest absolute Gasteiger partial charge is 0.352 e. The number of aromatic nitrogens is 3. The van der Waals surface area contributed by atoms with Gasteiger partial charge in [-0.25, -0.2) is 4.90 Å². The third-order valence-corrected chi connectivity index (χ3v) is 2.07. The summed E-state index contributed by atoms with van der Waals surface area (Å²) in [6.07, 6.45) is 7.20. The van der Waals surface area contributed by atoms with Gasteiger partial charge in [0.2, 0.25) is 17.8 Å². The Kier molecular flexibility index (Phi) is 5.55. The minimum Gasteiger partial charge on any atom is -0.352 e. The molecule has 0 aliphatic carbocycles. The summed E-state index contributed by atoms with van der Waals surface area (Å²) in [6, 6.07) is 0.334. The Morgan fingerprint density at radius 2 is 1.60 bits per heavy atom. The van der Waals surface area contributed by atoms with E-state index in [9.17, 15) is 0 Å². The van der Waals surface area contributed by atoms with E-state index in [4.69, 9.17) is 11.7 Å². The molecule has 7 nitrogen and oxygen atoms in total. The van der Waals surface area contributed by atoms with Gasteiger partial charge in [-0.1, -0.05) is 5.92 Å². The Hall–Kier alpha value is -2.54. The third-order valence-electron chi connectivity index (χ3n) is 2.07. The Bertz CT molecular complexity index is 496. The molecule has 20 heavy (non-hydrogen) atoms. The Morgan fingerprint density at radius 3 is 1.95 bits per heavy atom. The van der Waals surface area contributed by atoms with Crippen molar-refractivity contribution in [3.63, 3.8) is 0 Å². The summed E-state index contributed by atoms with van der Waals surface area (Å²) in [5, 5.41) is 15.3. The zero-order valence-electron chi connectivity index (χ0n) is 12.2. The van der Waals surface area contributed by atoms with E-state index in [0.29, 0.717) is 11.9 Å². The fraction of sp³-hybridized carbons (Fsp3) is 0.538. The molecule has 1 heterocycles. The van der Waals surface area contributed by atoms with Gasteiger partial charge in [0.1, 0.15) is 0 Å². The standard InChI is InChI=1S/C13H19N7/c1-6-7-20(8-14)13-18-11(15-9(2)3)17-12(19-13)16-10(4)5/h1,9-10H,7H2,2-5H3,(H2,15,16,17,18,19). The van der Waals surface area contributed by atoms with Crippen molar-refractivity contribution in [1.29, 1.82) is 5.26 Å². The van der Waals surface area contributed by atoms with Crippen molar-refractivity contribution < 1.29 is 0 Å². The van der Waals surface area contributed by atoms with Crippen molar-refractivity contribution >= 4 is 17.8 Å². The highest BCUT2D eigenvalue weighted by atomic mass is 15.3. The molecule has 0 saturated heterocycles. The lowest BCUT2D eigenvalue weighted by molar-refractivity contribution is 0.838. The van der Waals surface area contributed by atoms with E-state index < -0.39 is 0 Å². The molecule has 106 valence electrons. The van der Waals surface area contributed by atoms with Crippen LogP contribution in [0, 0.1) is 23.8 Å². The Morgan fingerprint density at radius 1 is 1.10 bits per heavy atom. The van der Waals surface area contributed by atoms with Crippen LogP contribution in [-0.4, -0.2) is 33.6 Å². The lowest BCUT2D eigenvalue weighted by Crippen LogP contribution is -2.23. The van der Waals surface area contributed by atoms with Gasteiger partial charge in [-0.2, -0.15) is 20.2 Å². The molecule has 0 unspecified atom stereocenters. The zero-order chi connectivity index (χ0) is 15.1. The van der Waals surface area contributed by atoms with Crippen molar-refractivity contribution in [3.8, 4) is 18.5 Å². The number of nitrogens with zero attached hydrogens (tertiary/aromatic N) is 5. The molecule has 0 aliphatic heterocycles. The van der Waals surface area contributed by atoms with Gasteiger partial charge in [-0.05, 0) is 27.7 Å². The molecule has 0 atom stereocenters. The highest BCUT2D eigenvalue weighted by Gasteiger charge is 2.13. The molecule has 1 aromatic heterocycles. The van der Waals surface area contributed by atoms with Crippen LogP contribution in [0.15, 0.2) is 0 Å². The average Bonchev–Trinajstić information content (AvgIpc) is 2.33. The molecule has 0 fully saturated rings. The summed E-state index contributed by atoms with van der Waals surface area (Å²) >= 11 is 0. The van der Waals surface area contributed by atoms with Gasteiger partial charge in [-0.3, -0.25) is 0 Å². The van der Waals surface area contributed by atoms with E-state index in [1.165, 1.54) is 4.90 Å². The second-order valence-electron chi connectivity index (χ2n) is 4.77. The van der Waals surface area contributed by atoms with Crippen LogP contribution < -0.4 is 15.5 Å². The fourth-order valence-electron chi connectivity index (χ4n) is 1.37. The lowest BCUT2D eigenvalue weighted by atomic mass is 10.4. The molecule has 0 radical (unpaired) electrons. The van der Waals surface area contributed by atoms with Crippen molar-refractivity contribution in [1.82, 2.24) is 15.0 Å². The van der Waals surface area contributed by atoms with Crippen LogP contribution in [0.25, 0.3) is 0 Å². The van der Waals surface area contributed by atoms with Crippen molar-refractivity contribution in [2.75, 3.05) is 22.1 Å². The van der Waals surface area contributed by atoms with Gasteiger partial charge in [-0.15, -0.1) is 6.42 Å². The molecule has 0 aromatic carbocycles. The van der Waals surface area contributed by atoms with Crippen LogP contribution >= 0.6 is 0 Å². The van der Waals surface area contributed by atoms with Crippen LogP contribution in [0.4, 0.5) is 17.8 Å². The average molecular weight is 273 g/mol. The first-order chi connectivity index (χ1) is 9.46. The Balaban J connectivity index is 3.15. The normalized spacial score (nSPS) is 10.0. The summed E-state index contributed by atoms with van der Waals surface area (Å²) in [4.78, 5) is 13.9. The number of hydrogen-bond donors (Lipinski definition) is 2. The monoisotopic (exact) mass is 273 g/mol. The predicted octanol–water partition coefficient (Wildman–Crippen LogP) is 1.43. The SMILES string of the molecule is C#CCN(C#N)c1nc(NC(C)C)nc(NC(C)C)n1. The van der Waals surface area contributed by atoms with Crippen LogP contribution in [0.2, 0.25) is 0 Å². The van der Waals surface area contributed by atoms with E-state index in [1.54, 1.807) is 0 Å². The molecular formula is C13H19N7. The van der Waals surface area contributed by atoms with Crippen LogP contribution in [-0.2, 0) is 0 Å². The van der Waals surface area contributed by atoms with E-state index in [-0.39, 0.29) is 24.6 Å². The summed E-state index contributed by atoms with van der Waals surface area (Å²) in [5.74, 6) is 3.44. The fourth-order valence-corrected chi connectivity index (χ4v) is 1.37. The number of nitrogens with one attached hydrogen (secondary N) is 2. The lowest BCUT2D eigenvalue weighted by Gasteiger charge is -2.16. The van der Waals surface area contributed by atoms with Crippen molar-refractivity contribution in [2.45, 2.75) is 39.8 Å². The number of nitriles is 1. The maximum Gasteiger partial charge on any atom is 0.246 e. The molecule has 0 spiro atoms. The molecule has 0 amide bonds. The number of rotatable bonds is 6. The van der Waals surface area contributed by atoms with Gasteiger partial charge >= 0.3 is 0 Å². The van der Waals surface area contributed by atoms with Gasteiger partial charge in [0, 0.05) is 12.1 Å². The quantitative estimate of drug-likeness (QED) is 0.460. The van der Waals surface area contributed by atoms with Crippen LogP contribution in [0.5, 0.6) is 0 Å². The first kappa shape index (κ1) is 15.5. The summed E-state index contributed by atoms with van der Waals surface area (Å²) in [6.45, 7) is 8.01. The smallest absolute Gasteiger partial charge is 0.246 e. The zero-order valence-corrected chi connectivity index (χ0v) is 12.2. The summed E-state index contributed by atoms with van der Waals surface area (Å²) < 4.78 is 0. The maximum absolute atomic E-state index is 9.10. The topological polar surface area (TPSA) is 89.8 Å². The van der Waals surface area contributed by atoms with Crippen molar-refractivity contribution in [2.24, 2.45) is 0 Å². The molecule has 1 rings (SSSR count). The minimum atomic E-state index is 0.114. The van der Waals surface area contributed by atoms with Gasteiger partial charge in [0.15, 0.2) is 6.19 Å². The van der Waals surface area contributed by atoms with E-state index in [1.807, 2.05) is 33.9 Å². The Labute approximate surface area is 119 Å². The number of hydrogen-bond acceptors (Lipinski definition) is 7. The first-order valence-corrected chi connectivity index (χ1v) is 6.36. The molecule has 0 saturated carbocycles. The van der Waals surface area contributed by atoms with Gasteiger partial charge < -0.3 is 10.6 Å². The number of anilines is 3. The van der Waals surface area contributed by atoms with E-state index >= 15 is 0 Å². The van der Waals surface area contributed by atoms with Crippen LogP contribution in [0.3, 0.4) is 0 Å². The van der Waals surface area contributed by atoms with Crippen molar-refractivity contribution in [3.05, 3.63) is 0 Å². The predicted molar refractivity (Wildman–Crippen MR) is 79.1 cm³/mol. The molecule has 0 aliphatic rings. The molecule has 0 bridgehead atoms. The molecule has 2 N–H and O–H groups in total. The summed E-state index contributed by atoms with van der Waals surface area (Å²) in [5.41, 5.74) is 0. The highest BCUT2D eigenvalue weighted by molar-refractivity contribution is 5.47. The first-order valence-electron chi connectivity index (χ1n) is 6.36. The second-order valence-corrected chi connectivity index (χ2v) is 4.77. The maximum atomic E-state index is 9.10. The summed E-state index contributed by atoms with van der Waals surface area (Å²) in [7, 11) is 0. The van der Waals surface area contributed by atoms with Gasteiger partial charge in [0.25, 0.3) is 0 Å². The highest BCUT2D eigenvalue weighted by Crippen LogP contribution is 2.14. The van der Waals surface area contributed by atoms with Gasteiger partial charge in [0.05, 0.1) is 6.54 Å². The van der Waals surface area contributed by atoms with E-state index in [0.717, 1.165) is 0 Å². The molecule has 1 aromatic rings. The molecule has 7 heteroatoms. The number of terminal acetylenes is 1. The third kappa shape index (κ3) is 4.62.